The smallest absolute Gasteiger partial charge is 0.164 e. The summed E-state index contributed by atoms with van der Waals surface area (Å²) in [5.74, 6) is 1.75. The largest absolute Gasteiger partial charge is 0.264 e. The van der Waals surface area contributed by atoms with Crippen molar-refractivity contribution in [2.24, 2.45) is 0 Å². The second-order valence-corrected chi connectivity index (χ2v) is 18.7. The van der Waals surface area contributed by atoms with E-state index in [2.05, 4.69) is 162 Å². The molecule has 3 heterocycles. The van der Waals surface area contributed by atoms with E-state index in [-0.39, 0.29) is 16.2 Å². The van der Waals surface area contributed by atoms with Crippen LogP contribution in [0, 0.1) is 0 Å². The molecular weight excluding hydrogens is 733 g/mol. The Bertz CT molecular complexity index is 2700. The normalized spacial score (nSPS) is 12.1. The van der Waals surface area contributed by atoms with Crippen molar-refractivity contribution < 1.29 is 0 Å². The molecule has 60 heavy (non-hydrogen) atoms. The third kappa shape index (κ3) is 8.84. The van der Waals surface area contributed by atoms with Crippen molar-refractivity contribution >= 4 is 0 Å². The molecular formula is C54H52N6. The molecule has 0 amide bonds. The summed E-state index contributed by atoms with van der Waals surface area (Å²) in [4.78, 5) is 28.8. The zero-order chi connectivity index (χ0) is 42.2. The van der Waals surface area contributed by atoms with E-state index in [9.17, 15) is 0 Å². The highest BCUT2D eigenvalue weighted by molar-refractivity contribution is 5.81. The van der Waals surface area contributed by atoms with Crippen LogP contribution in [0.15, 0.2) is 152 Å². The fourth-order valence-electron chi connectivity index (χ4n) is 7.30. The Morgan fingerprint density at radius 2 is 0.767 bits per heavy atom. The van der Waals surface area contributed by atoms with Crippen LogP contribution in [0.2, 0.25) is 0 Å². The van der Waals surface area contributed by atoms with E-state index < -0.39 is 0 Å². The molecule has 0 saturated carbocycles. The van der Waals surface area contributed by atoms with Gasteiger partial charge in [0, 0.05) is 52.6 Å². The topological polar surface area (TPSA) is 77.3 Å². The highest BCUT2D eigenvalue weighted by Gasteiger charge is 2.23. The molecule has 8 aromatic rings. The predicted molar refractivity (Wildman–Crippen MR) is 247 cm³/mol. The van der Waals surface area contributed by atoms with E-state index >= 15 is 0 Å². The lowest BCUT2D eigenvalue weighted by molar-refractivity contribution is 0.569. The maximum atomic E-state index is 5.22. The molecule has 0 radical (unpaired) electrons. The molecule has 0 fully saturated rings. The molecule has 0 spiro atoms. The minimum Gasteiger partial charge on any atom is -0.264 e. The van der Waals surface area contributed by atoms with Crippen LogP contribution < -0.4 is 0 Å². The van der Waals surface area contributed by atoms with Gasteiger partial charge in [0.2, 0.25) is 0 Å². The van der Waals surface area contributed by atoms with Gasteiger partial charge in [-0.05, 0) is 97.2 Å². The first-order valence-corrected chi connectivity index (χ1v) is 20.7. The van der Waals surface area contributed by atoms with Crippen LogP contribution in [0.4, 0.5) is 0 Å². The van der Waals surface area contributed by atoms with Crippen LogP contribution in [-0.4, -0.2) is 29.9 Å². The van der Waals surface area contributed by atoms with Gasteiger partial charge in [0.05, 0.1) is 11.9 Å². The van der Waals surface area contributed by atoms with E-state index in [1.807, 2.05) is 42.6 Å². The van der Waals surface area contributed by atoms with E-state index in [0.29, 0.717) is 17.5 Å². The Balaban J connectivity index is 1.30. The van der Waals surface area contributed by atoms with Crippen LogP contribution >= 0.6 is 0 Å². The van der Waals surface area contributed by atoms with Crippen molar-refractivity contribution in [3.8, 4) is 78.8 Å². The molecule has 0 unspecified atom stereocenters. The highest BCUT2D eigenvalue weighted by Crippen LogP contribution is 2.39. The van der Waals surface area contributed by atoms with Gasteiger partial charge in [0.15, 0.2) is 17.5 Å². The molecule has 5 aromatic carbocycles. The summed E-state index contributed by atoms with van der Waals surface area (Å²) >= 11 is 0. The van der Waals surface area contributed by atoms with Crippen LogP contribution in [0.3, 0.4) is 0 Å². The summed E-state index contributed by atoms with van der Waals surface area (Å²) in [7, 11) is 0. The van der Waals surface area contributed by atoms with Gasteiger partial charge in [-0.1, -0.05) is 147 Å². The lowest BCUT2D eigenvalue weighted by atomic mass is 9.78. The molecule has 0 bridgehead atoms. The van der Waals surface area contributed by atoms with Crippen molar-refractivity contribution in [2.75, 3.05) is 0 Å². The second kappa shape index (κ2) is 15.8. The number of benzene rings is 5. The highest BCUT2D eigenvalue weighted by atomic mass is 15.0. The SMILES string of the molecule is CC(C)(C)c1cc(-c2cccc(-c3nc(-c4ccccc4)nc(-c4cc(-c5cccnc5)cc(-c5cnccn5)c4)n3)c2)cc(-c2cc(C(C)(C)C)cc(C(C)(C)C)c2)c1. The molecule has 6 heteroatoms. The number of hydrogen-bond donors (Lipinski definition) is 0. The Labute approximate surface area is 355 Å². The number of aromatic nitrogens is 6. The summed E-state index contributed by atoms with van der Waals surface area (Å²) in [5.41, 5.74) is 14.8. The van der Waals surface area contributed by atoms with Gasteiger partial charge in [-0.3, -0.25) is 15.0 Å². The van der Waals surface area contributed by atoms with Gasteiger partial charge in [0.25, 0.3) is 0 Å². The van der Waals surface area contributed by atoms with E-state index in [4.69, 9.17) is 15.0 Å². The standard InChI is InChI=1S/C54H52N6/c1-52(2,3)45-28-40(24-41(29-45)42-30-46(53(4,5)6)32-47(31-42)54(7,8)9)36-17-13-18-37(23-36)50-58-49(35-15-11-10-12-16-35)59-51(60-50)44-26-39(38-19-14-20-55-33-38)25-43(27-44)48-34-56-21-22-57-48/h10-34H,1-9H3. The third-order valence-corrected chi connectivity index (χ3v) is 11.0. The second-order valence-electron chi connectivity index (χ2n) is 18.7. The molecule has 0 atom stereocenters. The van der Waals surface area contributed by atoms with Crippen LogP contribution in [0.5, 0.6) is 0 Å². The quantitative estimate of drug-likeness (QED) is 0.160. The van der Waals surface area contributed by atoms with Gasteiger partial charge in [-0.15, -0.1) is 0 Å². The van der Waals surface area contributed by atoms with Crippen molar-refractivity contribution in [2.45, 2.75) is 78.6 Å². The fraction of sp³-hybridized carbons (Fsp3) is 0.222. The molecule has 0 aliphatic rings. The van der Waals surface area contributed by atoms with E-state index in [1.54, 1.807) is 24.8 Å². The Kier molecular flexibility index (Phi) is 10.6. The Morgan fingerprint density at radius 3 is 1.37 bits per heavy atom. The first kappa shape index (κ1) is 40.1. The molecule has 0 aliphatic heterocycles. The van der Waals surface area contributed by atoms with Crippen molar-refractivity contribution in [1.29, 1.82) is 0 Å². The first-order chi connectivity index (χ1) is 28.6. The minimum absolute atomic E-state index is 0.00802. The predicted octanol–water partition coefficient (Wildman–Crippen LogP) is 13.6. The summed E-state index contributed by atoms with van der Waals surface area (Å²) in [5, 5.41) is 0. The summed E-state index contributed by atoms with van der Waals surface area (Å²) in [6, 6.07) is 43.2. The van der Waals surface area contributed by atoms with Gasteiger partial charge in [0.1, 0.15) is 0 Å². The number of rotatable bonds is 7. The summed E-state index contributed by atoms with van der Waals surface area (Å²) < 4.78 is 0. The number of hydrogen-bond acceptors (Lipinski definition) is 6. The summed E-state index contributed by atoms with van der Waals surface area (Å²) in [6.07, 6.45) is 8.81. The molecule has 298 valence electrons. The third-order valence-electron chi connectivity index (χ3n) is 11.0. The van der Waals surface area contributed by atoms with Crippen molar-refractivity contribution in [3.63, 3.8) is 0 Å². The average molecular weight is 785 g/mol. The molecule has 0 aliphatic carbocycles. The lowest BCUT2D eigenvalue weighted by Gasteiger charge is -2.27. The Morgan fingerprint density at radius 1 is 0.317 bits per heavy atom. The van der Waals surface area contributed by atoms with Crippen LogP contribution in [0.1, 0.15) is 79.0 Å². The zero-order valence-corrected chi connectivity index (χ0v) is 36.1. The van der Waals surface area contributed by atoms with E-state index in [1.165, 1.54) is 27.8 Å². The zero-order valence-electron chi connectivity index (χ0n) is 36.1. The van der Waals surface area contributed by atoms with Gasteiger partial charge >= 0.3 is 0 Å². The number of nitrogens with zero attached hydrogens (tertiary/aromatic N) is 6. The van der Waals surface area contributed by atoms with Gasteiger partial charge < -0.3 is 0 Å². The molecule has 6 nitrogen and oxygen atoms in total. The molecule has 3 aromatic heterocycles. The van der Waals surface area contributed by atoms with Crippen LogP contribution in [0.25, 0.3) is 78.8 Å². The molecule has 0 saturated heterocycles. The van der Waals surface area contributed by atoms with Crippen LogP contribution in [-0.2, 0) is 16.2 Å². The molecule has 0 N–H and O–H groups in total. The maximum Gasteiger partial charge on any atom is 0.164 e. The number of pyridine rings is 1. The van der Waals surface area contributed by atoms with Gasteiger partial charge in [-0.25, -0.2) is 15.0 Å². The summed E-state index contributed by atoms with van der Waals surface area (Å²) in [6.45, 7) is 20.6. The Hall–Kier alpha value is -6.66. The van der Waals surface area contributed by atoms with Crippen molar-refractivity contribution in [1.82, 2.24) is 29.9 Å². The minimum atomic E-state index is -0.0703. The average Bonchev–Trinajstić information content (AvgIpc) is 3.26. The molecule has 8 rings (SSSR count). The van der Waals surface area contributed by atoms with Crippen molar-refractivity contribution in [3.05, 3.63) is 169 Å². The first-order valence-electron chi connectivity index (χ1n) is 20.7. The monoisotopic (exact) mass is 784 g/mol. The maximum absolute atomic E-state index is 5.22. The van der Waals surface area contributed by atoms with Gasteiger partial charge in [-0.2, -0.15) is 0 Å². The fourth-order valence-corrected chi connectivity index (χ4v) is 7.30. The lowest BCUT2D eigenvalue weighted by Crippen LogP contribution is -2.16. The van der Waals surface area contributed by atoms with E-state index in [0.717, 1.165) is 50.2 Å².